The van der Waals surface area contributed by atoms with Crippen LogP contribution in [-0.4, -0.2) is 37.6 Å². The van der Waals surface area contributed by atoms with E-state index in [9.17, 15) is 4.79 Å². The van der Waals surface area contributed by atoms with Gasteiger partial charge >= 0.3 is 5.97 Å². The molecule has 2 aliphatic rings. The number of ether oxygens (including phenoxy) is 1. The van der Waals surface area contributed by atoms with Crippen LogP contribution < -0.4 is 0 Å². The van der Waals surface area contributed by atoms with Gasteiger partial charge in [0.1, 0.15) is 0 Å². The van der Waals surface area contributed by atoms with Crippen LogP contribution >= 0.6 is 0 Å². The van der Waals surface area contributed by atoms with E-state index in [1.54, 1.807) is 0 Å². The maximum absolute atomic E-state index is 11.9. The summed E-state index contributed by atoms with van der Waals surface area (Å²) in [6.45, 7) is 2.73. The van der Waals surface area contributed by atoms with E-state index in [4.69, 9.17) is 4.74 Å². The molecule has 0 spiro atoms. The number of hydrogen-bond acceptors (Lipinski definition) is 3. The molecule has 1 aliphatic carbocycles. The van der Waals surface area contributed by atoms with Crippen molar-refractivity contribution in [2.45, 2.75) is 44.9 Å². The van der Waals surface area contributed by atoms with E-state index in [0.717, 1.165) is 25.9 Å². The fraction of sp³-hybridized carbons (Fsp3) is 0.929. The van der Waals surface area contributed by atoms with Gasteiger partial charge in [-0.15, -0.1) is 0 Å². The molecule has 0 atom stereocenters. The van der Waals surface area contributed by atoms with E-state index in [0.29, 0.717) is 12.5 Å². The zero-order valence-electron chi connectivity index (χ0n) is 11.0. The predicted octanol–water partition coefficient (Wildman–Crippen LogP) is 2.45. The summed E-state index contributed by atoms with van der Waals surface area (Å²) >= 11 is 0. The van der Waals surface area contributed by atoms with Crippen LogP contribution in [0.3, 0.4) is 0 Å². The van der Waals surface area contributed by atoms with Crippen LogP contribution in [0.15, 0.2) is 0 Å². The molecule has 98 valence electrons. The third kappa shape index (κ3) is 3.98. The van der Waals surface area contributed by atoms with Crippen molar-refractivity contribution in [1.82, 2.24) is 4.90 Å². The van der Waals surface area contributed by atoms with Crippen LogP contribution in [0.5, 0.6) is 0 Å². The average molecular weight is 239 g/mol. The number of esters is 1. The smallest absolute Gasteiger partial charge is 0.309 e. The van der Waals surface area contributed by atoms with Gasteiger partial charge in [-0.2, -0.15) is 0 Å². The molecule has 1 heterocycles. The minimum Gasteiger partial charge on any atom is -0.465 e. The van der Waals surface area contributed by atoms with Crippen LogP contribution in [0, 0.1) is 11.8 Å². The summed E-state index contributed by atoms with van der Waals surface area (Å²) in [6.07, 6.45) is 8.44. The monoisotopic (exact) mass is 239 g/mol. The lowest BCUT2D eigenvalue weighted by molar-refractivity contribution is -0.151. The quantitative estimate of drug-likeness (QED) is 0.709. The summed E-state index contributed by atoms with van der Waals surface area (Å²) in [7, 11) is 2.11. The molecule has 1 saturated heterocycles. The minimum absolute atomic E-state index is 0.0590. The first-order valence-electron chi connectivity index (χ1n) is 7.11. The highest BCUT2D eigenvalue weighted by Gasteiger charge is 2.25. The highest BCUT2D eigenvalue weighted by Crippen LogP contribution is 2.24. The standard InChI is InChI=1S/C14H25NO2/c1-15-9-7-13(8-10-15)14(16)17-11-12-5-3-2-4-6-12/h12-13H,2-11H2,1H3. The minimum atomic E-state index is 0.0590. The second kappa shape index (κ2) is 6.39. The van der Waals surface area contributed by atoms with Gasteiger partial charge in [-0.1, -0.05) is 19.3 Å². The Morgan fingerprint density at radius 2 is 1.76 bits per heavy atom. The SMILES string of the molecule is CN1CCC(C(=O)OCC2CCCCC2)CC1. The molecule has 0 aromatic carbocycles. The molecule has 3 heteroatoms. The summed E-state index contributed by atoms with van der Waals surface area (Å²) in [6, 6.07) is 0. The molecule has 0 N–H and O–H groups in total. The van der Waals surface area contributed by atoms with Crippen LogP contribution in [0.4, 0.5) is 0 Å². The van der Waals surface area contributed by atoms with Crippen molar-refractivity contribution in [2.75, 3.05) is 26.7 Å². The molecule has 0 bridgehead atoms. The Morgan fingerprint density at radius 1 is 1.12 bits per heavy atom. The molecule has 3 nitrogen and oxygen atoms in total. The van der Waals surface area contributed by atoms with Crippen molar-refractivity contribution < 1.29 is 9.53 Å². The third-order valence-electron chi connectivity index (χ3n) is 4.24. The Labute approximate surface area is 105 Å². The molecule has 0 aromatic heterocycles. The Morgan fingerprint density at radius 3 is 2.41 bits per heavy atom. The normalized spacial score (nSPS) is 24.8. The van der Waals surface area contributed by atoms with Gasteiger partial charge in [-0.05, 0) is 51.7 Å². The van der Waals surface area contributed by atoms with Crippen molar-refractivity contribution >= 4 is 5.97 Å². The van der Waals surface area contributed by atoms with Crippen LogP contribution in [0.2, 0.25) is 0 Å². The zero-order valence-corrected chi connectivity index (χ0v) is 11.0. The van der Waals surface area contributed by atoms with Crippen molar-refractivity contribution in [3.8, 4) is 0 Å². The molecule has 2 fully saturated rings. The first-order valence-corrected chi connectivity index (χ1v) is 7.11. The van der Waals surface area contributed by atoms with Gasteiger partial charge in [-0.3, -0.25) is 4.79 Å². The van der Waals surface area contributed by atoms with Gasteiger partial charge in [0.15, 0.2) is 0 Å². The fourth-order valence-electron chi connectivity index (χ4n) is 2.92. The number of rotatable bonds is 3. The number of carbonyl (C=O) groups excluding carboxylic acids is 1. The molecule has 0 unspecified atom stereocenters. The first kappa shape index (κ1) is 12.9. The van der Waals surface area contributed by atoms with Crippen molar-refractivity contribution in [1.29, 1.82) is 0 Å². The summed E-state index contributed by atoms with van der Waals surface area (Å²) in [4.78, 5) is 14.2. The summed E-state index contributed by atoms with van der Waals surface area (Å²) in [5.41, 5.74) is 0. The molecule has 0 amide bonds. The van der Waals surface area contributed by atoms with E-state index < -0.39 is 0 Å². The van der Waals surface area contributed by atoms with E-state index >= 15 is 0 Å². The Bertz CT molecular complexity index is 241. The maximum Gasteiger partial charge on any atom is 0.309 e. The summed E-state index contributed by atoms with van der Waals surface area (Å²) < 4.78 is 5.50. The summed E-state index contributed by atoms with van der Waals surface area (Å²) in [5.74, 6) is 0.859. The molecular weight excluding hydrogens is 214 g/mol. The molecule has 0 radical (unpaired) electrons. The Hall–Kier alpha value is -0.570. The Balaban J connectivity index is 1.66. The number of hydrogen-bond donors (Lipinski definition) is 0. The number of carbonyl (C=O) groups is 1. The largest absolute Gasteiger partial charge is 0.465 e. The molecule has 1 aliphatic heterocycles. The van der Waals surface area contributed by atoms with Gasteiger partial charge in [0.25, 0.3) is 0 Å². The molecular formula is C14H25NO2. The average Bonchev–Trinajstić information content (AvgIpc) is 2.38. The van der Waals surface area contributed by atoms with Gasteiger partial charge in [0.2, 0.25) is 0 Å². The second-order valence-electron chi connectivity index (χ2n) is 5.71. The van der Waals surface area contributed by atoms with E-state index in [2.05, 4.69) is 11.9 Å². The summed E-state index contributed by atoms with van der Waals surface area (Å²) in [5, 5.41) is 0. The lowest BCUT2D eigenvalue weighted by Gasteiger charge is -2.28. The van der Waals surface area contributed by atoms with Gasteiger partial charge in [0, 0.05) is 0 Å². The highest BCUT2D eigenvalue weighted by molar-refractivity contribution is 5.72. The molecule has 0 aromatic rings. The fourth-order valence-corrected chi connectivity index (χ4v) is 2.92. The lowest BCUT2D eigenvalue weighted by atomic mass is 9.90. The van der Waals surface area contributed by atoms with Crippen molar-refractivity contribution in [3.63, 3.8) is 0 Å². The molecule has 2 rings (SSSR count). The van der Waals surface area contributed by atoms with Crippen LogP contribution in [0.25, 0.3) is 0 Å². The third-order valence-corrected chi connectivity index (χ3v) is 4.24. The highest BCUT2D eigenvalue weighted by atomic mass is 16.5. The zero-order chi connectivity index (χ0) is 12.1. The van der Waals surface area contributed by atoms with Gasteiger partial charge in [0.05, 0.1) is 12.5 Å². The van der Waals surface area contributed by atoms with Gasteiger partial charge in [-0.25, -0.2) is 0 Å². The number of nitrogens with zero attached hydrogens (tertiary/aromatic N) is 1. The van der Waals surface area contributed by atoms with Crippen LogP contribution in [0.1, 0.15) is 44.9 Å². The van der Waals surface area contributed by atoms with E-state index in [1.165, 1.54) is 32.1 Å². The number of piperidine rings is 1. The second-order valence-corrected chi connectivity index (χ2v) is 5.71. The van der Waals surface area contributed by atoms with Crippen molar-refractivity contribution in [3.05, 3.63) is 0 Å². The molecule has 1 saturated carbocycles. The maximum atomic E-state index is 11.9. The van der Waals surface area contributed by atoms with E-state index in [1.807, 2.05) is 0 Å². The Kier molecular flexibility index (Phi) is 4.84. The topological polar surface area (TPSA) is 29.5 Å². The number of likely N-dealkylation sites (tertiary alicyclic amines) is 1. The first-order chi connectivity index (χ1) is 8.25. The lowest BCUT2D eigenvalue weighted by Crippen LogP contribution is -2.34. The van der Waals surface area contributed by atoms with Crippen molar-refractivity contribution in [2.24, 2.45) is 11.8 Å². The predicted molar refractivity (Wildman–Crippen MR) is 67.8 cm³/mol. The molecule has 17 heavy (non-hydrogen) atoms. The van der Waals surface area contributed by atoms with Gasteiger partial charge < -0.3 is 9.64 Å². The van der Waals surface area contributed by atoms with Crippen LogP contribution in [-0.2, 0) is 9.53 Å². The van der Waals surface area contributed by atoms with E-state index in [-0.39, 0.29) is 11.9 Å².